The number of anilines is 1. The number of aromatic amines is 1. The molecule has 0 aromatic carbocycles. The second-order valence-electron chi connectivity index (χ2n) is 6.71. The van der Waals surface area contributed by atoms with Gasteiger partial charge < -0.3 is 15.2 Å². The molecular formula is C18H18F3N5O. The molecule has 0 saturated carbocycles. The first-order valence-corrected chi connectivity index (χ1v) is 8.72. The SMILES string of the molecule is O=C(NCC(F)(F)F)C1CCCN(c2ccnc3cnc4[nH]ccc4c23)C1. The van der Waals surface area contributed by atoms with Crippen molar-refractivity contribution in [1.82, 2.24) is 20.3 Å². The third kappa shape index (κ3) is 3.54. The maximum atomic E-state index is 12.4. The van der Waals surface area contributed by atoms with E-state index in [1.54, 1.807) is 18.6 Å². The number of piperidine rings is 1. The van der Waals surface area contributed by atoms with E-state index in [4.69, 9.17) is 0 Å². The minimum absolute atomic E-state index is 0.372. The first-order valence-electron chi connectivity index (χ1n) is 8.72. The predicted molar refractivity (Wildman–Crippen MR) is 95.4 cm³/mol. The van der Waals surface area contributed by atoms with Crippen LogP contribution in [0.2, 0.25) is 0 Å². The molecule has 0 bridgehead atoms. The van der Waals surface area contributed by atoms with Crippen LogP contribution >= 0.6 is 0 Å². The van der Waals surface area contributed by atoms with E-state index in [-0.39, 0.29) is 0 Å². The van der Waals surface area contributed by atoms with Crippen molar-refractivity contribution in [3.8, 4) is 0 Å². The third-order valence-corrected chi connectivity index (χ3v) is 4.86. The highest BCUT2D eigenvalue weighted by atomic mass is 19.4. The number of nitrogens with zero attached hydrogens (tertiary/aromatic N) is 3. The fourth-order valence-corrected chi connectivity index (χ4v) is 3.64. The van der Waals surface area contributed by atoms with Gasteiger partial charge in [-0.2, -0.15) is 13.2 Å². The average Bonchev–Trinajstić information content (AvgIpc) is 3.14. The van der Waals surface area contributed by atoms with E-state index in [0.717, 1.165) is 40.6 Å². The number of hydrogen-bond acceptors (Lipinski definition) is 4. The molecule has 9 heteroatoms. The molecule has 142 valence electrons. The highest BCUT2D eigenvalue weighted by Gasteiger charge is 2.32. The molecular weight excluding hydrogens is 359 g/mol. The molecule has 1 saturated heterocycles. The molecule has 27 heavy (non-hydrogen) atoms. The summed E-state index contributed by atoms with van der Waals surface area (Å²) in [7, 11) is 0. The second kappa shape index (κ2) is 6.71. The van der Waals surface area contributed by atoms with Crippen LogP contribution in [0, 0.1) is 5.92 Å². The lowest BCUT2D eigenvalue weighted by Gasteiger charge is -2.34. The van der Waals surface area contributed by atoms with Crippen LogP contribution in [0.15, 0.2) is 30.7 Å². The van der Waals surface area contributed by atoms with E-state index in [1.807, 2.05) is 17.4 Å². The van der Waals surface area contributed by atoms with Crippen molar-refractivity contribution in [2.45, 2.75) is 19.0 Å². The number of alkyl halides is 3. The maximum Gasteiger partial charge on any atom is 0.405 e. The number of H-pyrrole nitrogens is 1. The largest absolute Gasteiger partial charge is 0.405 e. The van der Waals surface area contributed by atoms with Gasteiger partial charge in [-0.3, -0.25) is 9.78 Å². The zero-order valence-electron chi connectivity index (χ0n) is 14.4. The summed E-state index contributed by atoms with van der Waals surface area (Å²) in [4.78, 5) is 26.0. The number of nitrogens with one attached hydrogen (secondary N) is 2. The van der Waals surface area contributed by atoms with Gasteiger partial charge in [-0.25, -0.2) is 4.98 Å². The molecule has 0 aliphatic carbocycles. The molecule has 1 atom stereocenters. The molecule has 1 aliphatic heterocycles. The smallest absolute Gasteiger partial charge is 0.370 e. The molecule has 4 rings (SSSR count). The van der Waals surface area contributed by atoms with Gasteiger partial charge in [0.2, 0.25) is 5.91 Å². The molecule has 1 fully saturated rings. The lowest BCUT2D eigenvalue weighted by molar-refractivity contribution is -0.140. The van der Waals surface area contributed by atoms with Gasteiger partial charge in [0.1, 0.15) is 12.2 Å². The number of pyridine rings is 2. The summed E-state index contributed by atoms with van der Waals surface area (Å²) in [6, 6.07) is 3.80. The number of hydrogen-bond donors (Lipinski definition) is 2. The minimum atomic E-state index is -4.40. The normalized spacial score (nSPS) is 18.2. The Morgan fingerprint density at radius 3 is 3.00 bits per heavy atom. The van der Waals surface area contributed by atoms with Crippen LogP contribution in [0.4, 0.5) is 18.9 Å². The second-order valence-corrected chi connectivity index (χ2v) is 6.71. The van der Waals surface area contributed by atoms with Gasteiger partial charge in [0.15, 0.2) is 0 Å². The van der Waals surface area contributed by atoms with Crippen LogP contribution in [-0.4, -0.2) is 46.7 Å². The van der Waals surface area contributed by atoms with Crippen molar-refractivity contribution in [3.63, 3.8) is 0 Å². The fraction of sp³-hybridized carbons (Fsp3) is 0.389. The molecule has 3 aromatic heterocycles. The van der Waals surface area contributed by atoms with Crippen LogP contribution in [0.25, 0.3) is 21.9 Å². The molecule has 0 radical (unpaired) electrons. The van der Waals surface area contributed by atoms with Gasteiger partial charge in [0, 0.05) is 41.9 Å². The monoisotopic (exact) mass is 377 g/mol. The quantitative estimate of drug-likeness (QED) is 0.736. The first kappa shape index (κ1) is 17.6. The number of aromatic nitrogens is 3. The Hall–Kier alpha value is -2.84. The Kier molecular flexibility index (Phi) is 4.37. The van der Waals surface area contributed by atoms with Crippen LogP contribution in [0.1, 0.15) is 12.8 Å². The molecule has 0 spiro atoms. The number of amides is 1. The summed E-state index contributed by atoms with van der Waals surface area (Å²) in [5.74, 6) is -1.03. The first-order chi connectivity index (χ1) is 12.9. The number of halogens is 3. The van der Waals surface area contributed by atoms with Gasteiger partial charge >= 0.3 is 6.18 Å². The van der Waals surface area contributed by atoms with Gasteiger partial charge in [0.25, 0.3) is 0 Å². The van der Waals surface area contributed by atoms with Gasteiger partial charge in [-0.1, -0.05) is 0 Å². The van der Waals surface area contributed by atoms with E-state index < -0.39 is 24.5 Å². The fourth-order valence-electron chi connectivity index (χ4n) is 3.64. The van der Waals surface area contributed by atoms with Crippen molar-refractivity contribution in [3.05, 3.63) is 30.7 Å². The zero-order valence-corrected chi connectivity index (χ0v) is 14.4. The van der Waals surface area contributed by atoms with Crippen molar-refractivity contribution in [2.24, 2.45) is 5.92 Å². The number of carbonyl (C=O) groups is 1. The Labute approximate surface area is 152 Å². The van der Waals surface area contributed by atoms with E-state index in [9.17, 15) is 18.0 Å². The Bertz CT molecular complexity index is 984. The third-order valence-electron chi connectivity index (χ3n) is 4.86. The zero-order chi connectivity index (χ0) is 19.0. The minimum Gasteiger partial charge on any atom is -0.370 e. The summed E-state index contributed by atoms with van der Waals surface area (Å²) in [5, 5.41) is 3.87. The summed E-state index contributed by atoms with van der Waals surface area (Å²) in [6.07, 6.45) is 2.08. The average molecular weight is 377 g/mol. The maximum absolute atomic E-state index is 12.4. The number of rotatable bonds is 3. The summed E-state index contributed by atoms with van der Waals surface area (Å²) in [6.45, 7) is -0.191. The van der Waals surface area contributed by atoms with Gasteiger partial charge in [-0.05, 0) is 25.0 Å². The van der Waals surface area contributed by atoms with Crippen molar-refractivity contribution in [2.75, 3.05) is 24.5 Å². The van der Waals surface area contributed by atoms with Gasteiger partial charge in [-0.15, -0.1) is 0 Å². The van der Waals surface area contributed by atoms with E-state index >= 15 is 0 Å². The lowest BCUT2D eigenvalue weighted by atomic mass is 9.96. The molecule has 6 nitrogen and oxygen atoms in total. The topological polar surface area (TPSA) is 73.9 Å². The van der Waals surface area contributed by atoms with Crippen LogP contribution in [-0.2, 0) is 4.79 Å². The standard InChI is InChI=1S/C18H18F3N5O/c19-18(20,21)10-25-17(27)11-2-1-7-26(9-11)14-4-6-22-13-8-24-16-12(15(13)14)3-5-23-16/h3-6,8,11H,1-2,7,9-10H2,(H,23,24)(H,25,27). The molecule has 1 aliphatic rings. The van der Waals surface area contributed by atoms with Crippen molar-refractivity contribution >= 4 is 33.5 Å². The summed E-state index contributed by atoms with van der Waals surface area (Å²) < 4.78 is 37.1. The highest BCUT2D eigenvalue weighted by Crippen LogP contribution is 2.33. The van der Waals surface area contributed by atoms with Crippen LogP contribution in [0.3, 0.4) is 0 Å². The van der Waals surface area contributed by atoms with Crippen LogP contribution in [0.5, 0.6) is 0 Å². The molecule has 2 N–H and O–H groups in total. The Morgan fingerprint density at radius 2 is 2.19 bits per heavy atom. The van der Waals surface area contributed by atoms with E-state index in [0.29, 0.717) is 13.0 Å². The molecule has 1 amide bonds. The number of fused-ring (bicyclic) bond motifs is 3. The van der Waals surface area contributed by atoms with Crippen molar-refractivity contribution < 1.29 is 18.0 Å². The van der Waals surface area contributed by atoms with E-state index in [2.05, 4.69) is 19.9 Å². The van der Waals surface area contributed by atoms with Crippen molar-refractivity contribution in [1.29, 1.82) is 0 Å². The summed E-state index contributed by atoms with van der Waals surface area (Å²) >= 11 is 0. The lowest BCUT2D eigenvalue weighted by Crippen LogP contribution is -2.45. The predicted octanol–water partition coefficient (Wildman–Crippen LogP) is 3.01. The van der Waals surface area contributed by atoms with Gasteiger partial charge in [0.05, 0.1) is 17.6 Å². The molecule has 3 aromatic rings. The number of carbonyl (C=O) groups excluding carboxylic acids is 1. The Balaban J connectivity index is 1.62. The van der Waals surface area contributed by atoms with E-state index in [1.165, 1.54) is 0 Å². The molecule has 4 heterocycles. The van der Waals surface area contributed by atoms with Crippen LogP contribution < -0.4 is 10.2 Å². The Morgan fingerprint density at radius 1 is 1.33 bits per heavy atom. The molecule has 1 unspecified atom stereocenters. The highest BCUT2D eigenvalue weighted by molar-refractivity contribution is 6.10. The summed E-state index contributed by atoms with van der Waals surface area (Å²) in [5.41, 5.74) is 2.40.